The van der Waals surface area contributed by atoms with Gasteiger partial charge in [-0.15, -0.1) is 0 Å². The van der Waals surface area contributed by atoms with E-state index in [-0.39, 0.29) is 11.7 Å². The van der Waals surface area contributed by atoms with Gasteiger partial charge in [0.1, 0.15) is 11.4 Å². The molecule has 1 aromatic heterocycles. The minimum atomic E-state index is -0.684. The maximum absolute atomic E-state index is 12.2. The molecule has 2 rings (SSSR count). The largest absolute Gasteiger partial charge is 0.503 e. The van der Waals surface area contributed by atoms with E-state index in [1.165, 1.54) is 10.6 Å². The van der Waals surface area contributed by atoms with E-state index in [4.69, 9.17) is 0 Å². The molecule has 1 amide bonds. The van der Waals surface area contributed by atoms with E-state index in [1.54, 1.807) is 6.92 Å². The van der Waals surface area contributed by atoms with E-state index >= 15 is 0 Å². The topological polar surface area (TPSA) is 71.3 Å². The van der Waals surface area contributed by atoms with Crippen LogP contribution in [0.1, 0.15) is 55.6 Å². The van der Waals surface area contributed by atoms with Crippen LogP contribution in [0.15, 0.2) is 10.9 Å². The molecule has 0 fully saturated rings. The number of amides is 1. The van der Waals surface area contributed by atoms with Crippen LogP contribution in [0.3, 0.4) is 0 Å². The Morgan fingerprint density at radius 2 is 1.84 bits per heavy atom. The highest BCUT2D eigenvalue weighted by Crippen LogP contribution is 2.32. The lowest BCUT2D eigenvalue weighted by Gasteiger charge is -2.31. The molecule has 1 aliphatic heterocycles. The second-order valence-corrected chi connectivity index (χ2v) is 5.19. The van der Waals surface area contributed by atoms with Crippen molar-refractivity contribution in [3.63, 3.8) is 0 Å². The third kappa shape index (κ3) is 1.93. The summed E-state index contributed by atoms with van der Waals surface area (Å²) in [6, 6.07) is 1.36. The number of fused-ring (bicyclic) bond motifs is 1. The number of nitrogens with one attached hydrogen (secondary N) is 1. The Morgan fingerprint density at radius 1 is 1.26 bits per heavy atom. The molecular formula is C14H20N2O3. The molecule has 0 unspecified atom stereocenters. The minimum absolute atomic E-state index is 0.225. The number of aromatic hydroxyl groups is 1. The van der Waals surface area contributed by atoms with Crippen LogP contribution in [-0.4, -0.2) is 15.6 Å². The highest BCUT2D eigenvalue weighted by atomic mass is 16.3. The monoisotopic (exact) mass is 264 g/mol. The van der Waals surface area contributed by atoms with Crippen molar-refractivity contribution >= 4 is 5.91 Å². The second-order valence-electron chi connectivity index (χ2n) is 5.19. The number of pyridine rings is 1. The van der Waals surface area contributed by atoms with Crippen LogP contribution < -0.4 is 10.9 Å². The first kappa shape index (κ1) is 13.6. The fourth-order valence-electron chi connectivity index (χ4n) is 3.04. The molecule has 2 N–H and O–H groups in total. The van der Waals surface area contributed by atoms with Crippen molar-refractivity contribution < 1.29 is 9.90 Å². The number of carbonyl (C=O) groups excluding carboxylic acids is 1. The minimum Gasteiger partial charge on any atom is -0.503 e. The summed E-state index contributed by atoms with van der Waals surface area (Å²) in [5.74, 6) is -0.522. The lowest BCUT2D eigenvalue weighted by molar-refractivity contribution is 0.0900. The predicted octanol–water partition coefficient (Wildman–Crippen LogP) is 1.86. The zero-order valence-corrected chi connectivity index (χ0v) is 11.6. The summed E-state index contributed by atoms with van der Waals surface area (Å²) < 4.78 is 1.47. The van der Waals surface area contributed by atoms with Crippen molar-refractivity contribution in [3.05, 3.63) is 27.7 Å². The molecule has 1 aromatic rings. The van der Waals surface area contributed by atoms with Gasteiger partial charge in [-0.25, -0.2) is 0 Å². The number of aromatic nitrogens is 1. The van der Waals surface area contributed by atoms with Crippen LogP contribution in [0, 0.1) is 6.92 Å². The summed E-state index contributed by atoms with van der Waals surface area (Å²) in [6.45, 7) is 5.77. The van der Waals surface area contributed by atoms with E-state index in [1.807, 2.05) is 13.8 Å². The van der Waals surface area contributed by atoms with Crippen LogP contribution in [0.5, 0.6) is 5.75 Å². The Bertz CT molecular complexity index is 569. The fraction of sp³-hybridized carbons (Fsp3) is 0.571. The summed E-state index contributed by atoms with van der Waals surface area (Å²) in [5.41, 5.74) is -0.162. The van der Waals surface area contributed by atoms with E-state index < -0.39 is 11.2 Å². The second kappa shape index (κ2) is 4.72. The Kier molecular flexibility index (Phi) is 3.39. The van der Waals surface area contributed by atoms with Gasteiger partial charge in [0.05, 0.1) is 0 Å². The summed E-state index contributed by atoms with van der Waals surface area (Å²) >= 11 is 0. The molecule has 0 bridgehead atoms. The molecule has 104 valence electrons. The van der Waals surface area contributed by atoms with Crippen molar-refractivity contribution in [1.29, 1.82) is 0 Å². The Balaban J connectivity index is 2.74. The smallest absolute Gasteiger partial charge is 0.295 e. The zero-order valence-electron chi connectivity index (χ0n) is 11.6. The van der Waals surface area contributed by atoms with Crippen LogP contribution in [0.2, 0.25) is 0 Å². The number of nitrogens with zero attached hydrogens (tertiary/aromatic N) is 1. The SMILES string of the molecule is CCCC1(CCC)NC(=O)c2c(C)cc(O)c(=O)n21. The van der Waals surface area contributed by atoms with E-state index in [0.717, 1.165) is 12.8 Å². The fourth-order valence-corrected chi connectivity index (χ4v) is 3.04. The standard InChI is InChI=1S/C14H20N2O3/c1-4-6-14(7-5-2)15-12(18)11-9(3)8-10(17)13(19)16(11)14/h8,17H,4-7H2,1-3H3,(H,15,18). The molecule has 0 atom stereocenters. The summed E-state index contributed by atoms with van der Waals surface area (Å²) in [5, 5.41) is 12.7. The third-order valence-electron chi connectivity index (χ3n) is 3.69. The van der Waals surface area contributed by atoms with Gasteiger partial charge in [0.15, 0.2) is 5.75 Å². The average Bonchev–Trinajstić information content (AvgIpc) is 2.61. The van der Waals surface area contributed by atoms with Crippen molar-refractivity contribution in [1.82, 2.24) is 9.88 Å². The lowest BCUT2D eigenvalue weighted by atomic mass is 9.98. The number of aryl methyl sites for hydroxylation is 1. The van der Waals surface area contributed by atoms with Gasteiger partial charge in [-0.2, -0.15) is 0 Å². The molecule has 0 aliphatic carbocycles. The summed E-state index contributed by atoms with van der Waals surface area (Å²) in [7, 11) is 0. The first-order valence-electron chi connectivity index (χ1n) is 6.75. The van der Waals surface area contributed by atoms with Crippen molar-refractivity contribution in [2.45, 2.75) is 52.1 Å². The first-order chi connectivity index (χ1) is 8.96. The molecule has 1 aliphatic rings. The number of hydrogen-bond donors (Lipinski definition) is 2. The van der Waals surface area contributed by atoms with Gasteiger partial charge in [0.25, 0.3) is 11.5 Å². The van der Waals surface area contributed by atoms with Gasteiger partial charge >= 0.3 is 0 Å². The Morgan fingerprint density at radius 3 is 2.37 bits per heavy atom. The lowest BCUT2D eigenvalue weighted by Crippen LogP contribution is -2.47. The molecular weight excluding hydrogens is 244 g/mol. The molecule has 0 radical (unpaired) electrons. The van der Waals surface area contributed by atoms with Gasteiger partial charge in [-0.05, 0) is 31.4 Å². The average molecular weight is 264 g/mol. The highest BCUT2D eigenvalue weighted by molar-refractivity contribution is 5.96. The molecule has 5 heteroatoms. The first-order valence-corrected chi connectivity index (χ1v) is 6.75. The Labute approximate surface area is 112 Å². The summed E-state index contributed by atoms with van der Waals surface area (Å²) in [6.07, 6.45) is 3.06. The molecule has 0 aromatic carbocycles. The number of rotatable bonds is 4. The van der Waals surface area contributed by atoms with Crippen LogP contribution in [-0.2, 0) is 5.66 Å². The van der Waals surface area contributed by atoms with Gasteiger partial charge < -0.3 is 10.4 Å². The van der Waals surface area contributed by atoms with Crippen LogP contribution >= 0.6 is 0 Å². The molecule has 0 spiro atoms. The van der Waals surface area contributed by atoms with E-state index in [9.17, 15) is 14.7 Å². The molecule has 5 nitrogen and oxygen atoms in total. The molecule has 19 heavy (non-hydrogen) atoms. The predicted molar refractivity (Wildman–Crippen MR) is 72.4 cm³/mol. The quantitative estimate of drug-likeness (QED) is 0.872. The molecule has 0 saturated carbocycles. The van der Waals surface area contributed by atoms with Crippen molar-refractivity contribution in [3.8, 4) is 5.75 Å². The van der Waals surface area contributed by atoms with Crippen molar-refractivity contribution in [2.75, 3.05) is 0 Å². The number of carbonyl (C=O) groups is 1. The maximum Gasteiger partial charge on any atom is 0.295 e. The normalized spacial score (nSPS) is 16.3. The Hall–Kier alpha value is -1.78. The number of hydrogen-bond acceptors (Lipinski definition) is 3. The maximum atomic E-state index is 12.2. The van der Waals surface area contributed by atoms with Gasteiger partial charge in [0, 0.05) is 0 Å². The van der Waals surface area contributed by atoms with Crippen LogP contribution in [0.25, 0.3) is 0 Å². The van der Waals surface area contributed by atoms with Gasteiger partial charge in [-0.3, -0.25) is 14.2 Å². The molecule has 0 saturated heterocycles. The zero-order chi connectivity index (χ0) is 14.2. The van der Waals surface area contributed by atoms with Crippen LogP contribution in [0.4, 0.5) is 0 Å². The van der Waals surface area contributed by atoms with Crippen molar-refractivity contribution in [2.24, 2.45) is 0 Å². The highest BCUT2D eigenvalue weighted by Gasteiger charge is 2.43. The van der Waals surface area contributed by atoms with Gasteiger partial charge in [-0.1, -0.05) is 26.7 Å². The third-order valence-corrected chi connectivity index (χ3v) is 3.69. The summed E-state index contributed by atoms with van der Waals surface area (Å²) in [4.78, 5) is 24.4. The van der Waals surface area contributed by atoms with E-state index in [0.29, 0.717) is 24.1 Å². The van der Waals surface area contributed by atoms with Gasteiger partial charge in [0.2, 0.25) is 0 Å². The molecule has 2 heterocycles. The van der Waals surface area contributed by atoms with E-state index in [2.05, 4.69) is 5.32 Å².